The van der Waals surface area contributed by atoms with E-state index < -0.39 is 5.91 Å². The lowest BCUT2D eigenvalue weighted by molar-refractivity contribution is 0.0950. The van der Waals surface area contributed by atoms with Gasteiger partial charge in [0.1, 0.15) is 0 Å². The Morgan fingerprint density at radius 1 is 1.08 bits per heavy atom. The van der Waals surface area contributed by atoms with Gasteiger partial charge in [0.05, 0.1) is 11.1 Å². The van der Waals surface area contributed by atoms with Gasteiger partial charge in [-0.2, -0.15) is 14.9 Å². The SMILES string of the molecule is CCC/C(C)=N\NC(=O)c1nn(-c2ccccc2)c(=O)c2ccccc12. The Bertz CT molecular complexity index is 1020. The Morgan fingerprint density at radius 2 is 1.73 bits per heavy atom. The number of rotatable bonds is 5. The number of hydrazone groups is 1. The molecule has 6 heteroatoms. The number of carbonyl (C=O) groups excluding carboxylic acids is 1. The predicted octanol–water partition coefficient (Wildman–Crippen LogP) is 3.29. The van der Waals surface area contributed by atoms with Crippen molar-refractivity contribution in [3.63, 3.8) is 0 Å². The number of hydrogen-bond donors (Lipinski definition) is 1. The summed E-state index contributed by atoms with van der Waals surface area (Å²) in [5.41, 5.74) is 3.87. The van der Waals surface area contributed by atoms with Crippen molar-refractivity contribution in [1.82, 2.24) is 15.2 Å². The van der Waals surface area contributed by atoms with Crippen LogP contribution < -0.4 is 11.0 Å². The summed E-state index contributed by atoms with van der Waals surface area (Å²) in [6.07, 6.45) is 1.75. The number of para-hydroxylation sites is 1. The van der Waals surface area contributed by atoms with Gasteiger partial charge in [0.2, 0.25) is 0 Å². The van der Waals surface area contributed by atoms with Crippen LogP contribution in [-0.4, -0.2) is 21.4 Å². The average Bonchev–Trinajstić information content (AvgIpc) is 2.67. The van der Waals surface area contributed by atoms with Crippen LogP contribution in [0.3, 0.4) is 0 Å². The van der Waals surface area contributed by atoms with Gasteiger partial charge in [0.15, 0.2) is 5.69 Å². The average molecular weight is 348 g/mol. The minimum atomic E-state index is -0.443. The van der Waals surface area contributed by atoms with Gasteiger partial charge in [-0.25, -0.2) is 5.43 Å². The number of aromatic nitrogens is 2. The van der Waals surface area contributed by atoms with E-state index >= 15 is 0 Å². The first-order chi connectivity index (χ1) is 12.6. The Hall–Kier alpha value is -3.28. The molecule has 1 amide bonds. The van der Waals surface area contributed by atoms with Crippen LogP contribution in [0.4, 0.5) is 0 Å². The molecule has 0 spiro atoms. The Balaban J connectivity index is 2.13. The molecule has 0 fully saturated rings. The van der Waals surface area contributed by atoms with Crippen molar-refractivity contribution in [2.24, 2.45) is 5.10 Å². The summed E-state index contributed by atoms with van der Waals surface area (Å²) >= 11 is 0. The van der Waals surface area contributed by atoms with E-state index in [4.69, 9.17) is 0 Å². The van der Waals surface area contributed by atoms with Crippen LogP contribution in [0, 0.1) is 0 Å². The molecule has 3 rings (SSSR count). The van der Waals surface area contributed by atoms with Crippen molar-refractivity contribution in [1.29, 1.82) is 0 Å². The lowest BCUT2D eigenvalue weighted by Gasteiger charge is -2.10. The van der Waals surface area contributed by atoms with E-state index in [1.54, 1.807) is 36.4 Å². The molecule has 6 nitrogen and oxygen atoms in total. The van der Waals surface area contributed by atoms with Gasteiger partial charge in [-0.15, -0.1) is 0 Å². The van der Waals surface area contributed by atoms with Crippen LogP contribution in [0.1, 0.15) is 37.2 Å². The molecular formula is C20H20N4O2. The standard InChI is InChI=1S/C20H20N4O2/c1-3-9-14(2)21-22-19(25)18-16-12-7-8-13-17(16)20(26)24(23-18)15-10-5-4-6-11-15/h4-8,10-13H,3,9H2,1-2H3,(H,22,25)/b21-14-. The van der Waals surface area contributed by atoms with E-state index in [-0.39, 0.29) is 11.3 Å². The normalized spacial score (nSPS) is 11.5. The van der Waals surface area contributed by atoms with Gasteiger partial charge < -0.3 is 0 Å². The second kappa shape index (κ2) is 7.74. The van der Waals surface area contributed by atoms with Crippen LogP contribution >= 0.6 is 0 Å². The highest BCUT2D eigenvalue weighted by atomic mass is 16.2. The molecule has 0 aliphatic rings. The third-order valence-electron chi connectivity index (χ3n) is 3.98. The van der Waals surface area contributed by atoms with Crippen LogP contribution in [0.5, 0.6) is 0 Å². The summed E-state index contributed by atoms with van der Waals surface area (Å²) < 4.78 is 1.25. The second-order valence-corrected chi connectivity index (χ2v) is 5.98. The molecule has 0 saturated heterocycles. The van der Waals surface area contributed by atoms with Gasteiger partial charge >= 0.3 is 0 Å². The molecule has 0 aliphatic carbocycles. The van der Waals surface area contributed by atoms with E-state index in [1.807, 2.05) is 32.0 Å². The number of fused-ring (bicyclic) bond motifs is 1. The molecule has 0 unspecified atom stereocenters. The second-order valence-electron chi connectivity index (χ2n) is 5.98. The van der Waals surface area contributed by atoms with Crippen molar-refractivity contribution < 1.29 is 4.79 Å². The predicted molar refractivity (Wildman–Crippen MR) is 103 cm³/mol. The maximum atomic E-state index is 12.8. The summed E-state index contributed by atoms with van der Waals surface area (Å²) in [7, 11) is 0. The lowest BCUT2D eigenvalue weighted by atomic mass is 10.1. The molecule has 2 aromatic carbocycles. The molecule has 0 saturated carbocycles. The summed E-state index contributed by atoms with van der Waals surface area (Å²) in [6.45, 7) is 3.91. The van der Waals surface area contributed by atoms with Crippen LogP contribution in [0.15, 0.2) is 64.5 Å². The molecule has 0 radical (unpaired) electrons. The zero-order valence-corrected chi connectivity index (χ0v) is 14.8. The molecule has 0 aliphatic heterocycles. The van der Waals surface area contributed by atoms with Crippen molar-refractivity contribution in [2.75, 3.05) is 0 Å². The summed E-state index contributed by atoms with van der Waals surface area (Å²) in [4.78, 5) is 25.5. The van der Waals surface area contributed by atoms with E-state index in [9.17, 15) is 9.59 Å². The monoisotopic (exact) mass is 348 g/mol. The molecule has 1 N–H and O–H groups in total. The minimum absolute atomic E-state index is 0.164. The maximum Gasteiger partial charge on any atom is 0.292 e. The number of amides is 1. The number of benzene rings is 2. The van der Waals surface area contributed by atoms with E-state index in [0.717, 1.165) is 18.6 Å². The van der Waals surface area contributed by atoms with Crippen molar-refractivity contribution in [3.05, 3.63) is 70.6 Å². The van der Waals surface area contributed by atoms with E-state index in [1.165, 1.54) is 4.68 Å². The molecular weight excluding hydrogens is 328 g/mol. The van der Waals surface area contributed by atoms with E-state index in [0.29, 0.717) is 16.5 Å². The number of nitrogens with one attached hydrogen (secondary N) is 1. The van der Waals surface area contributed by atoms with Crippen LogP contribution in [0.2, 0.25) is 0 Å². The fourth-order valence-corrected chi connectivity index (χ4v) is 2.72. The molecule has 3 aromatic rings. The minimum Gasteiger partial charge on any atom is -0.267 e. The molecule has 0 bridgehead atoms. The third kappa shape index (κ3) is 3.54. The Kier molecular flexibility index (Phi) is 5.22. The first-order valence-corrected chi connectivity index (χ1v) is 8.52. The molecule has 0 atom stereocenters. The largest absolute Gasteiger partial charge is 0.292 e. The van der Waals surface area contributed by atoms with Gasteiger partial charge in [0, 0.05) is 11.1 Å². The topological polar surface area (TPSA) is 76.3 Å². The van der Waals surface area contributed by atoms with E-state index in [2.05, 4.69) is 15.6 Å². The molecule has 26 heavy (non-hydrogen) atoms. The van der Waals surface area contributed by atoms with Gasteiger partial charge in [-0.1, -0.05) is 49.7 Å². The smallest absolute Gasteiger partial charge is 0.267 e. The molecule has 1 heterocycles. The summed E-state index contributed by atoms with van der Waals surface area (Å²) in [5, 5.41) is 9.37. The van der Waals surface area contributed by atoms with Gasteiger partial charge in [-0.05, 0) is 31.5 Å². The summed E-state index contributed by atoms with van der Waals surface area (Å²) in [5.74, 6) is -0.443. The van der Waals surface area contributed by atoms with Crippen LogP contribution in [-0.2, 0) is 0 Å². The third-order valence-corrected chi connectivity index (χ3v) is 3.98. The zero-order valence-electron chi connectivity index (χ0n) is 14.8. The first-order valence-electron chi connectivity index (χ1n) is 8.52. The lowest BCUT2D eigenvalue weighted by Crippen LogP contribution is -2.28. The van der Waals surface area contributed by atoms with Crippen molar-refractivity contribution in [3.8, 4) is 5.69 Å². The number of hydrogen-bond acceptors (Lipinski definition) is 4. The number of carbonyl (C=O) groups is 1. The van der Waals surface area contributed by atoms with Gasteiger partial charge in [-0.3, -0.25) is 9.59 Å². The van der Waals surface area contributed by atoms with Crippen LogP contribution in [0.25, 0.3) is 16.5 Å². The fraction of sp³-hybridized carbons (Fsp3) is 0.200. The van der Waals surface area contributed by atoms with Gasteiger partial charge in [0.25, 0.3) is 11.5 Å². The zero-order chi connectivity index (χ0) is 18.5. The fourth-order valence-electron chi connectivity index (χ4n) is 2.72. The quantitative estimate of drug-likeness (QED) is 0.568. The maximum absolute atomic E-state index is 12.8. The summed E-state index contributed by atoms with van der Waals surface area (Å²) in [6, 6.07) is 16.0. The Labute approximate surface area is 151 Å². The van der Waals surface area contributed by atoms with Crippen molar-refractivity contribution in [2.45, 2.75) is 26.7 Å². The highest BCUT2D eigenvalue weighted by Gasteiger charge is 2.17. The highest BCUT2D eigenvalue weighted by Crippen LogP contribution is 2.15. The Morgan fingerprint density at radius 3 is 2.42 bits per heavy atom. The van der Waals surface area contributed by atoms with Crippen molar-refractivity contribution >= 4 is 22.4 Å². The molecule has 132 valence electrons. The first kappa shape index (κ1) is 17.5. The highest BCUT2D eigenvalue weighted by molar-refractivity contribution is 6.05. The molecule has 1 aromatic heterocycles. The number of nitrogens with zero attached hydrogens (tertiary/aromatic N) is 3.